The summed E-state index contributed by atoms with van der Waals surface area (Å²) >= 11 is 0. The predicted molar refractivity (Wildman–Crippen MR) is 119 cm³/mol. The van der Waals surface area contributed by atoms with Crippen molar-refractivity contribution < 1.29 is 31.1 Å². The molecule has 1 saturated heterocycles. The van der Waals surface area contributed by atoms with E-state index in [0.717, 1.165) is 25.7 Å². The Kier molecular flexibility index (Phi) is 7.80. The number of hydrogen-bond donors (Lipinski definition) is 1. The van der Waals surface area contributed by atoms with Crippen LogP contribution in [0.5, 0.6) is 5.75 Å². The molecule has 33 heavy (non-hydrogen) atoms. The number of methoxy groups -OCH3 is 1. The zero-order valence-corrected chi connectivity index (χ0v) is 18.9. The molecule has 10 heteroatoms. The molecule has 0 atom stereocenters. The van der Waals surface area contributed by atoms with E-state index in [1.54, 1.807) is 6.07 Å². The van der Waals surface area contributed by atoms with Crippen LogP contribution >= 0.6 is 0 Å². The van der Waals surface area contributed by atoms with Crippen LogP contribution < -0.4 is 10.1 Å². The molecule has 0 bridgehead atoms. The summed E-state index contributed by atoms with van der Waals surface area (Å²) in [7, 11) is -2.51. The highest BCUT2D eigenvalue weighted by Gasteiger charge is 2.35. The quantitative estimate of drug-likeness (QED) is 0.598. The molecule has 2 aromatic carbocycles. The van der Waals surface area contributed by atoms with Gasteiger partial charge in [-0.2, -0.15) is 17.5 Å². The minimum absolute atomic E-state index is 0.0377. The first-order valence-corrected chi connectivity index (χ1v) is 11.9. The number of halogens is 3. The second kappa shape index (κ2) is 10.4. The van der Waals surface area contributed by atoms with Gasteiger partial charge in [0.05, 0.1) is 23.3 Å². The maximum atomic E-state index is 13.6. The normalized spacial score (nSPS) is 16.2. The molecule has 178 valence electrons. The van der Waals surface area contributed by atoms with E-state index in [4.69, 9.17) is 4.74 Å². The molecule has 0 spiro atoms. The van der Waals surface area contributed by atoms with Crippen LogP contribution in [0.1, 0.15) is 31.2 Å². The highest BCUT2D eigenvalue weighted by molar-refractivity contribution is 7.89. The van der Waals surface area contributed by atoms with Gasteiger partial charge < -0.3 is 10.1 Å². The lowest BCUT2D eigenvalue weighted by Gasteiger charge is -2.21. The first-order valence-electron chi connectivity index (χ1n) is 10.5. The Bertz CT molecular complexity index is 1110. The molecule has 0 saturated carbocycles. The van der Waals surface area contributed by atoms with Gasteiger partial charge >= 0.3 is 6.18 Å². The van der Waals surface area contributed by atoms with E-state index in [1.807, 2.05) is 0 Å². The molecule has 0 unspecified atom stereocenters. The van der Waals surface area contributed by atoms with Gasteiger partial charge in [-0.05, 0) is 36.6 Å². The molecule has 1 aliphatic heterocycles. The highest BCUT2D eigenvalue weighted by Crippen LogP contribution is 2.34. The second-order valence-electron chi connectivity index (χ2n) is 7.59. The molecule has 6 nitrogen and oxygen atoms in total. The fraction of sp³-hybridized carbons (Fsp3) is 0.348. The largest absolute Gasteiger partial charge is 0.495 e. The molecule has 1 fully saturated rings. The molecule has 3 rings (SSSR count). The van der Waals surface area contributed by atoms with Crippen LogP contribution in [0.2, 0.25) is 0 Å². The van der Waals surface area contributed by atoms with Gasteiger partial charge in [0, 0.05) is 19.2 Å². The second-order valence-corrected chi connectivity index (χ2v) is 9.53. The Morgan fingerprint density at radius 2 is 1.67 bits per heavy atom. The third-order valence-corrected chi connectivity index (χ3v) is 7.19. The molecule has 2 aromatic rings. The van der Waals surface area contributed by atoms with Crippen molar-refractivity contribution in [3.05, 3.63) is 60.2 Å². The minimum Gasteiger partial charge on any atom is -0.495 e. The van der Waals surface area contributed by atoms with Crippen molar-refractivity contribution in [3.63, 3.8) is 0 Å². The lowest BCUT2D eigenvalue weighted by molar-refractivity contribution is -0.112. The number of alkyl halides is 3. The smallest absolute Gasteiger partial charge is 0.417 e. The van der Waals surface area contributed by atoms with E-state index in [9.17, 15) is 26.4 Å². The highest BCUT2D eigenvalue weighted by atomic mass is 32.2. The SMILES string of the molecule is COc1ccc(S(=O)(=O)N2CCCCCC2)cc1NC(=O)/C=C(/c1ccccc1)C(F)(F)F. The molecule has 0 aromatic heterocycles. The number of amides is 1. The van der Waals surface area contributed by atoms with Crippen molar-refractivity contribution in [2.24, 2.45) is 0 Å². The standard InChI is InChI=1S/C23H25F3N2O4S/c1-32-21-12-11-18(33(30,31)28-13-7-2-3-8-14-28)15-20(21)27-22(29)16-19(23(24,25)26)17-9-5-4-6-10-17/h4-6,9-12,15-16H,2-3,7-8,13-14H2,1H3,(H,27,29)/b19-16-. The van der Waals surface area contributed by atoms with E-state index in [0.29, 0.717) is 19.2 Å². The lowest BCUT2D eigenvalue weighted by Crippen LogP contribution is -2.32. The van der Waals surface area contributed by atoms with Gasteiger partial charge in [-0.15, -0.1) is 0 Å². The fourth-order valence-electron chi connectivity index (χ4n) is 3.62. The van der Waals surface area contributed by atoms with Gasteiger partial charge in [0.15, 0.2) is 0 Å². The minimum atomic E-state index is -4.76. The topological polar surface area (TPSA) is 75.7 Å². The fourth-order valence-corrected chi connectivity index (χ4v) is 5.17. The molecular formula is C23H25F3N2O4S. The van der Waals surface area contributed by atoms with Crippen LogP contribution in [0.15, 0.2) is 59.5 Å². The van der Waals surface area contributed by atoms with Gasteiger partial charge in [-0.25, -0.2) is 8.42 Å². The number of ether oxygens (including phenoxy) is 1. The summed E-state index contributed by atoms with van der Waals surface area (Å²) in [5, 5.41) is 2.34. The molecule has 1 heterocycles. The summed E-state index contributed by atoms with van der Waals surface area (Å²) in [6.07, 6.45) is -0.908. The van der Waals surface area contributed by atoms with Crippen molar-refractivity contribution in [3.8, 4) is 5.75 Å². The van der Waals surface area contributed by atoms with E-state index in [-0.39, 0.29) is 21.9 Å². The van der Waals surface area contributed by atoms with Crippen LogP contribution in [-0.4, -0.2) is 45.0 Å². The average molecular weight is 483 g/mol. The third kappa shape index (κ3) is 6.14. The number of sulfonamides is 1. The number of allylic oxidation sites excluding steroid dienone is 1. The number of benzene rings is 2. The lowest BCUT2D eigenvalue weighted by atomic mass is 10.1. The van der Waals surface area contributed by atoms with Crippen LogP contribution in [0.4, 0.5) is 18.9 Å². The number of anilines is 1. The third-order valence-electron chi connectivity index (χ3n) is 5.30. The molecule has 0 radical (unpaired) electrons. The summed E-state index contributed by atoms with van der Waals surface area (Å²) in [5.74, 6) is -0.936. The zero-order valence-electron chi connectivity index (χ0n) is 18.1. The zero-order chi connectivity index (χ0) is 24.1. The van der Waals surface area contributed by atoms with Gasteiger partial charge in [-0.1, -0.05) is 43.2 Å². The summed E-state index contributed by atoms with van der Waals surface area (Å²) in [6, 6.07) is 10.9. The molecule has 1 aliphatic rings. The summed E-state index contributed by atoms with van der Waals surface area (Å²) in [5.41, 5.74) is -1.32. The number of rotatable bonds is 6. The number of carbonyl (C=O) groups excluding carboxylic acids is 1. The van der Waals surface area contributed by atoms with Crippen molar-refractivity contribution >= 4 is 27.2 Å². The first-order chi connectivity index (χ1) is 15.6. The Morgan fingerprint density at radius 3 is 2.24 bits per heavy atom. The number of carbonyl (C=O) groups is 1. The maximum Gasteiger partial charge on any atom is 0.417 e. The predicted octanol–water partition coefficient (Wildman–Crippen LogP) is 4.84. The Morgan fingerprint density at radius 1 is 1.03 bits per heavy atom. The monoisotopic (exact) mass is 482 g/mol. The molecule has 1 N–H and O–H groups in total. The number of hydrogen-bond acceptors (Lipinski definition) is 4. The number of nitrogens with one attached hydrogen (secondary N) is 1. The van der Waals surface area contributed by atoms with Crippen LogP contribution in [0, 0.1) is 0 Å². The van der Waals surface area contributed by atoms with E-state index >= 15 is 0 Å². The van der Waals surface area contributed by atoms with Gasteiger partial charge in [-0.3, -0.25) is 4.79 Å². The van der Waals surface area contributed by atoms with Crippen molar-refractivity contribution in [2.45, 2.75) is 36.8 Å². The number of nitrogens with zero attached hydrogens (tertiary/aromatic N) is 1. The van der Waals surface area contributed by atoms with Crippen LogP contribution in [-0.2, 0) is 14.8 Å². The van der Waals surface area contributed by atoms with E-state index in [1.165, 1.54) is 53.9 Å². The first kappa shape index (κ1) is 24.8. The van der Waals surface area contributed by atoms with Gasteiger partial charge in [0.1, 0.15) is 5.75 Å². The van der Waals surface area contributed by atoms with Gasteiger partial charge in [0.25, 0.3) is 0 Å². The molecule has 0 aliphatic carbocycles. The maximum absolute atomic E-state index is 13.6. The van der Waals surface area contributed by atoms with Crippen molar-refractivity contribution in [1.82, 2.24) is 4.31 Å². The summed E-state index contributed by atoms with van der Waals surface area (Å²) in [6.45, 7) is 0.787. The van der Waals surface area contributed by atoms with Crippen molar-refractivity contribution in [1.29, 1.82) is 0 Å². The molecule has 1 amide bonds. The van der Waals surface area contributed by atoms with Crippen molar-refractivity contribution in [2.75, 3.05) is 25.5 Å². The van der Waals surface area contributed by atoms with Crippen LogP contribution in [0.25, 0.3) is 5.57 Å². The Hall–Kier alpha value is -2.85. The van der Waals surface area contributed by atoms with Gasteiger partial charge in [0.2, 0.25) is 15.9 Å². The summed E-state index contributed by atoms with van der Waals surface area (Å²) < 4.78 is 73.4. The summed E-state index contributed by atoms with van der Waals surface area (Å²) in [4.78, 5) is 12.5. The Balaban J connectivity index is 1.92. The van der Waals surface area contributed by atoms with E-state index < -0.39 is 27.7 Å². The van der Waals surface area contributed by atoms with Crippen LogP contribution in [0.3, 0.4) is 0 Å². The Labute approximate surface area is 191 Å². The average Bonchev–Trinajstić information content (AvgIpc) is 3.07. The van der Waals surface area contributed by atoms with E-state index in [2.05, 4.69) is 5.32 Å². The molecular weight excluding hydrogens is 457 g/mol.